The topological polar surface area (TPSA) is 113 Å². The van der Waals surface area contributed by atoms with Gasteiger partial charge in [-0.3, -0.25) is 9.59 Å². The maximum absolute atomic E-state index is 12.1. The summed E-state index contributed by atoms with van der Waals surface area (Å²) in [6.07, 6.45) is -0.459. The molecule has 110 valence electrons. The molecule has 0 saturated carbocycles. The maximum atomic E-state index is 12.1. The van der Waals surface area contributed by atoms with Crippen molar-refractivity contribution in [3.63, 3.8) is 0 Å². The number of aliphatic hydroxyl groups is 1. The molecule has 0 radical (unpaired) electrons. The predicted octanol–water partition coefficient (Wildman–Crippen LogP) is -0.823. The zero-order valence-corrected chi connectivity index (χ0v) is 11.3. The summed E-state index contributed by atoms with van der Waals surface area (Å²) in [5, 5.41) is 17.7. The quantitative estimate of drug-likeness (QED) is 0.603. The lowest BCUT2D eigenvalue weighted by Gasteiger charge is -2.43. The third kappa shape index (κ3) is 4.77. The van der Waals surface area contributed by atoms with Crippen molar-refractivity contribution in [3.05, 3.63) is 0 Å². The number of carboxylic acids is 1. The third-order valence-corrected chi connectivity index (χ3v) is 2.98. The van der Waals surface area contributed by atoms with E-state index in [1.54, 1.807) is 0 Å². The first-order valence-electron chi connectivity index (χ1n) is 6.30. The Balaban J connectivity index is 2.62. The van der Waals surface area contributed by atoms with Crippen LogP contribution in [0.2, 0.25) is 0 Å². The number of hydrogen-bond donors (Lipinski definition) is 3. The number of carboxylic acid groups (broad SMARTS) is 1. The SMILES string of the molecule is CC1(C)CN(C(=O)C(N)CCC(=O)O)CC(CO)O1. The molecule has 0 aromatic rings. The summed E-state index contributed by atoms with van der Waals surface area (Å²) in [5.41, 5.74) is 5.17. The van der Waals surface area contributed by atoms with Gasteiger partial charge < -0.3 is 25.6 Å². The standard InChI is InChI=1S/C12H22N2O5/c1-12(2)7-14(5-8(6-15)19-12)11(18)9(13)3-4-10(16)17/h8-9,15H,3-7,13H2,1-2H3,(H,16,17). The Bertz CT molecular complexity index is 345. The molecule has 0 spiro atoms. The second-order valence-corrected chi connectivity index (χ2v) is 5.44. The van der Waals surface area contributed by atoms with Gasteiger partial charge in [0.05, 0.1) is 24.4 Å². The van der Waals surface area contributed by atoms with E-state index in [4.69, 9.17) is 20.7 Å². The molecule has 1 aliphatic rings. The average Bonchev–Trinajstić information content (AvgIpc) is 2.32. The maximum Gasteiger partial charge on any atom is 0.303 e. The van der Waals surface area contributed by atoms with Gasteiger partial charge in [0.1, 0.15) is 0 Å². The number of morpholine rings is 1. The molecule has 1 saturated heterocycles. The summed E-state index contributed by atoms with van der Waals surface area (Å²) in [7, 11) is 0. The Labute approximate surface area is 112 Å². The fourth-order valence-electron chi connectivity index (χ4n) is 2.20. The molecule has 1 rings (SSSR count). The molecule has 2 unspecified atom stereocenters. The minimum absolute atomic E-state index is 0.107. The Morgan fingerprint density at radius 1 is 1.53 bits per heavy atom. The van der Waals surface area contributed by atoms with Gasteiger partial charge >= 0.3 is 5.97 Å². The highest BCUT2D eigenvalue weighted by Gasteiger charge is 2.36. The zero-order valence-electron chi connectivity index (χ0n) is 11.3. The molecule has 7 heteroatoms. The first kappa shape index (κ1) is 15.9. The number of carbonyl (C=O) groups excluding carboxylic acids is 1. The Morgan fingerprint density at radius 2 is 2.16 bits per heavy atom. The number of rotatable bonds is 5. The summed E-state index contributed by atoms with van der Waals surface area (Å²) >= 11 is 0. The molecule has 1 heterocycles. The number of aliphatic carboxylic acids is 1. The van der Waals surface area contributed by atoms with Crippen LogP contribution in [0.5, 0.6) is 0 Å². The van der Waals surface area contributed by atoms with Gasteiger partial charge in [0.15, 0.2) is 0 Å². The van der Waals surface area contributed by atoms with Crippen molar-refractivity contribution in [2.24, 2.45) is 5.73 Å². The van der Waals surface area contributed by atoms with Crippen molar-refractivity contribution in [3.8, 4) is 0 Å². The van der Waals surface area contributed by atoms with Crippen LogP contribution in [0.25, 0.3) is 0 Å². The van der Waals surface area contributed by atoms with Crippen molar-refractivity contribution in [1.82, 2.24) is 4.90 Å². The van der Waals surface area contributed by atoms with Gasteiger partial charge in [-0.25, -0.2) is 0 Å². The van der Waals surface area contributed by atoms with Crippen molar-refractivity contribution in [2.75, 3.05) is 19.7 Å². The van der Waals surface area contributed by atoms with Gasteiger partial charge in [0.2, 0.25) is 5.91 Å². The van der Waals surface area contributed by atoms with E-state index in [0.29, 0.717) is 6.54 Å². The van der Waals surface area contributed by atoms with Crippen LogP contribution in [0.4, 0.5) is 0 Å². The molecular weight excluding hydrogens is 252 g/mol. The Hall–Kier alpha value is -1.18. The monoisotopic (exact) mass is 274 g/mol. The smallest absolute Gasteiger partial charge is 0.303 e. The second-order valence-electron chi connectivity index (χ2n) is 5.44. The van der Waals surface area contributed by atoms with Crippen molar-refractivity contribution < 1.29 is 24.5 Å². The molecule has 0 aromatic carbocycles. The van der Waals surface area contributed by atoms with Gasteiger partial charge in [0.25, 0.3) is 0 Å². The highest BCUT2D eigenvalue weighted by Crippen LogP contribution is 2.21. The predicted molar refractivity (Wildman–Crippen MR) is 67.5 cm³/mol. The summed E-state index contributed by atoms with van der Waals surface area (Å²) in [6.45, 7) is 4.15. The fraction of sp³-hybridized carbons (Fsp3) is 0.833. The van der Waals surface area contributed by atoms with Gasteiger partial charge in [0, 0.05) is 19.5 Å². The van der Waals surface area contributed by atoms with Gasteiger partial charge in [-0.05, 0) is 20.3 Å². The largest absolute Gasteiger partial charge is 0.481 e. The van der Waals surface area contributed by atoms with Crippen LogP contribution in [0.15, 0.2) is 0 Å². The van der Waals surface area contributed by atoms with E-state index in [-0.39, 0.29) is 31.9 Å². The zero-order chi connectivity index (χ0) is 14.6. The van der Waals surface area contributed by atoms with Crippen molar-refractivity contribution in [2.45, 2.75) is 44.4 Å². The first-order chi connectivity index (χ1) is 8.75. The Kier molecular flexibility index (Phi) is 5.28. The van der Waals surface area contributed by atoms with Gasteiger partial charge in [-0.2, -0.15) is 0 Å². The highest BCUT2D eigenvalue weighted by atomic mass is 16.5. The molecule has 1 aliphatic heterocycles. The lowest BCUT2D eigenvalue weighted by atomic mass is 10.0. The molecule has 0 aliphatic carbocycles. The van der Waals surface area contributed by atoms with E-state index in [9.17, 15) is 9.59 Å². The molecular formula is C12H22N2O5. The Morgan fingerprint density at radius 3 is 2.68 bits per heavy atom. The molecule has 19 heavy (non-hydrogen) atoms. The first-order valence-corrected chi connectivity index (χ1v) is 6.30. The van der Waals surface area contributed by atoms with Crippen molar-refractivity contribution >= 4 is 11.9 Å². The second kappa shape index (κ2) is 6.31. The van der Waals surface area contributed by atoms with E-state index in [0.717, 1.165) is 0 Å². The van der Waals surface area contributed by atoms with E-state index < -0.39 is 23.7 Å². The van der Waals surface area contributed by atoms with Crippen LogP contribution < -0.4 is 5.73 Å². The number of nitrogens with two attached hydrogens (primary N) is 1. The van der Waals surface area contributed by atoms with Gasteiger partial charge in [-0.15, -0.1) is 0 Å². The number of amides is 1. The minimum Gasteiger partial charge on any atom is -0.481 e. The van der Waals surface area contributed by atoms with Crippen molar-refractivity contribution in [1.29, 1.82) is 0 Å². The molecule has 4 N–H and O–H groups in total. The number of nitrogens with zero attached hydrogens (tertiary/aromatic N) is 1. The van der Waals surface area contributed by atoms with Crippen LogP contribution >= 0.6 is 0 Å². The minimum atomic E-state index is -0.973. The van der Waals surface area contributed by atoms with E-state index in [1.165, 1.54) is 4.90 Å². The van der Waals surface area contributed by atoms with Crippen LogP contribution in [0, 0.1) is 0 Å². The van der Waals surface area contributed by atoms with Crippen LogP contribution in [0.1, 0.15) is 26.7 Å². The lowest BCUT2D eigenvalue weighted by Crippen LogP contribution is -2.58. The van der Waals surface area contributed by atoms with Crippen LogP contribution in [0.3, 0.4) is 0 Å². The van der Waals surface area contributed by atoms with E-state index in [2.05, 4.69) is 0 Å². The normalized spacial score (nSPS) is 24.0. The number of ether oxygens (including phenoxy) is 1. The number of aliphatic hydroxyl groups excluding tert-OH is 1. The number of hydrogen-bond acceptors (Lipinski definition) is 5. The summed E-state index contributed by atoms with van der Waals surface area (Å²) in [5.74, 6) is -1.27. The highest BCUT2D eigenvalue weighted by molar-refractivity contribution is 5.82. The van der Waals surface area contributed by atoms with Gasteiger partial charge in [-0.1, -0.05) is 0 Å². The third-order valence-electron chi connectivity index (χ3n) is 2.98. The molecule has 7 nitrogen and oxygen atoms in total. The summed E-state index contributed by atoms with van der Waals surface area (Å²) < 4.78 is 5.60. The molecule has 1 fully saturated rings. The average molecular weight is 274 g/mol. The van der Waals surface area contributed by atoms with Crippen LogP contribution in [-0.4, -0.2) is 64.4 Å². The van der Waals surface area contributed by atoms with E-state index >= 15 is 0 Å². The lowest BCUT2D eigenvalue weighted by molar-refractivity contribution is -0.168. The number of carbonyl (C=O) groups is 2. The van der Waals surface area contributed by atoms with Crippen LogP contribution in [-0.2, 0) is 14.3 Å². The molecule has 0 bridgehead atoms. The summed E-state index contributed by atoms with van der Waals surface area (Å²) in [6, 6.07) is -0.829. The van der Waals surface area contributed by atoms with E-state index in [1.807, 2.05) is 13.8 Å². The fourth-order valence-corrected chi connectivity index (χ4v) is 2.20. The molecule has 1 amide bonds. The molecule has 2 atom stereocenters. The summed E-state index contributed by atoms with van der Waals surface area (Å²) in [4.78, 5) is 24.1. The molecule has 0 aromatic heterocycles.